The summed E-state index contributed by atoms with van der Waals surface area (Å²) in [6.07, 6.45) is -3.48. The average Bonchev–Trinajstić information content (AvgIpc) is 2.92. The summed E-state index contributed by atoms with van der Waals surface area (Å²) in [4.78, 5) is 14.7. The van der Waals surface area contributed by atoms with Crippen LogP contribution in [0.15, 0.2) is 124 Å². The molecule has 4 nitrogen and oxygen atoms in total. The number of hydrogen-bond acceptors (Lipinski definition) is 4. The van der Waals surface area contributed by atoms with Crippen LogP contribution in [-0.2, 0) is 26.0 Å². The third kappa shape index (κ3) is 7.88. The minimum absolute atomic E-state index is 0.349. The van der Waals surface area contributed by atoms with E-state index in [-0.39, 0.29) is 0 Å². The van der Waals surface area contributed by atoms with Crippen molar-refractivity contribution in [2.24, 2.45) is 0 Å². The lowest BCUT2D eigenvalue weighted by atomic mass is 9.96. The molecule has 0 bridgehead atoms. The van der Waals surface area contributed by atoms with E-state index in [1.165, 1.54) is 37.3 Å². The van der Waals surface area contributed by atoms with Gasteiger partial charge < -0.3 is 14.2 Å². The Morgan fingerprint density at radius 2 is 1.37 bits per heavy atom. The molecule has 2 atom stereocenters. The van der Waals surface area contributed by atoms with Crippen LogP contribution in [0.4, 0.5) is 22.0 Å². The van der Waals surface area contributed by atoms with E-state index in [1.54, 1.807) is 24.3 Å². The highest BCUT2D eigenvalue weighted by Gasteiger charge is 2.33. The molecule has 4 rings (SSSR count). The number of esters is 1. The number of benzene rings is 4. The van der Waals surface area contributed by atoms with E-state index in [9.17, 15) is 26.7 Å². The SMILES string of the molecule is C=CC(C)(OC(=O)COc1ccc([S+](c2ccccc2)c2cc(F)cc(F)c2)cc1)c1ccc(OC(F)(F)F)cc1. The number of alkyl halides is 3. The van der Waals surface area contributed by atoms with Crippen LogP contribution in [0.25, 0.3) is 0 Å². The van der Waals surface area contributed by atoms with E-state index in [2.05, 4.69) is 11.3 Å². The van der Waals surface area contributed by atoms with Crippen molar-refractivity contribution >= 4 is 16.9 Å². The molecule has 0 fully saturated rings. The quantitative estimate of drug-likeness (QED) is 0.0817. The summed E-state index contributed by atoms with van der Waals surface area (Å²) in [6.45, 7) is 4.75. The molecule has 41 heavy (non-hydrogen) atoms. The topological polar surface area (TPSA) is 44.8 Å². The summed E-state index contributed by atoms with van der Waals surface area (Å²) < 4.78 is 80.4. The van der Waals surface area contributed by atoms with Crippen molar-refractivity contribution in [2.75, 3.05) is 6.61 Å². The predicted octanol–water partition coefficient (Wildman–Crippen LogP) is 7.98. The van der Waals surface area contributed by atoms with Crippen molar-refractivity contribution in [1.29, 1.82) is 0 Å². The first-order chi connectivity index (χ1) is 19.5. The van der Waals surface area contributed by atoms with Crippen LogP contribution in [0.2, 0.25) is 0 Å². The number of carbonyl (C=O) groups excluding carboxylic acids is 1. The van der Waals surface area contributed by atoms with Gasteiger partial charge in [0.2, 0.25) is 0 Å². The lowest BCUT2D eigenvalue weighted by Crippen LogP contribution is -2.29. The molecule has 212 valence electrons. The Labute approximate surface area is 236 Å². The summed E-state index contributed by atoms with van der Waals surface area (Å²) >= 11 is 0. The van der Waals surface area contributed by atoms with Crippen molar-refractivity contribution in [3.05, 3.63) is 127 Å². The maximum atomic E-state index is 14.0. The predicted molar refractivity (Wildman–Crippen MR) is 144 cm³/mol. The number of halogens is 5. The highest BCUT2D eigenvalue weighted by molar-refractivity contribution is 7.97. The van der Waals surface area contributed by atoms with Crippen LogP contribution >= 0.6 is 0 Å². The van der Waals surface area contributed by atoms with Gasteiger partial charge >= 0.3 is 12.3 Å². The normalized spacial score (nSPS) is 13.5. The van der Waals surface area contributed by atoms with Crippen molar-refractivity contribution in [3.63, 3.8) is 0 Å². The smallest absolute Gasteiger partial charge is 0.482 e. The second-order valence-corrected chi connectivity index (χ2v) is 10.9. The molecule has 4 aromatic carbocycles. The molecule has 0 spiro atoms. The van der Waals surface area contributed by atoms with Gasteiger partial charge in [0.05, 0.1) is 10.9 Å². The van der Waals surface area contributed by atoms with Crippen LogP contribution < -0.4 is 9.47 Å². The van der Waals surface area contributed by atoms with E-state index in [1.807, 2.05) is 30.3 Å². The minimum atomic E-state index is -4.83. The average molecular weight is 588 g/mol. The summed E-state index contributed by atoms with van der Waals surface area (Å²) in [5.41, 5.74) is -0.966. The lowest BCUT2D eigenvalue weighted by molar-refractivity contribution is -0.274. The maximum absolute atomic E-state index is 14.0. The first-order valence-corrected chi connectivity index (χ1v) is 13.4. The monoisotopic (exact) mass is 587 g/mol. The van der Waals surface area contributed by atoms with E-state index in [0.717, 1.165) is 28.0 Å². The number of ether oxygens (including phenoxy) is 3. The lowest BCUT2D eigenvalue weighted by Gasteiger charge is -2.27. The van der Waals surface area contributed by atoms with Crippen LogP contribution in [0.3, 0.4) is 0 Å². The van der Waals surface area contributed by atoms with E-state index >= 15 is 0 Å². The van der Waals surface area contributed by atoms with Gasteiger partial charge in [-0.1, -0.05) is 36.9 Å². The Morgan fingerprint density at radius 1 is 0.805 bits per heavy atom. The number of hydrogen-bond donors (Lipinski definition) is 0. The van der Waals surface area contributed by atoms with Gasteiger partial charge in [-0.3, -0.25) is 0 Å². The van der Waals surface area contributed by atoms with Gasteiger partial charge in [-0.25, -0.2) is 13.6 Å². The maximum Gasteiger partial charge on any atom is 0.573 e. The summed E-state index contributed by atoms with van der Waals surface area (Å²) in [5.74, 6) is -2.16. The van der Waals surface area contributed by atoms with Crippen LogP contribution in [0.1, 0.15) is 12.5 Å². The van der Waals surface area contributed by atoms with Gasteiger partial charge in [0.1, 0.15) is 23.1 Å². The minimum Gasteiger partial charge on any atom is -0.482 e. The van der Waals surface area contributed by atoms with Crippen LogP contribution in [-0.4, -0.2) is 18.9 Å². The first-order valence-electron chi connectivity index (χ1n) is 12.2. The molecule has 0 saturated carbocycles. The fourth-order valence-corrected chi connectivity index (χ4v) is 6.01. The molecule has 0 aliphatic heterocycles. The Balaban J connectivity index is 1.44. The van der Waals surface area contributed by atoms with E-state index < -0.39 is 52.8 Å². The summed E-state index contributed by atoms with van der Waals surface area (Å²) in [5, 5.41) is 0. The molecule has 0 N–H and O–H groups in total. The molecule has 0 saturated heterocycles. The molecule has 0 heterocycles. The van der Waals surface area contributed by atoms with Crippen LogP contribution in [0, 0.1) is 11.6 Å². The van der Waals surface area contributed by atoms with Gasteiger partial charge in [-0.05, 0) is 67.1 Å². The molecule has 2 unspecified atom stereocenters. The van der Waals surface area contributed by atoms with Crippen molar-refractivity contribution in [3.8, 4) is 11.5 Å². The van der Waals surface area contributed by atoms with Crippen LogP contribution in [0.5, 0.6) is 11.5 Å². The second kappa shape index (κ2) is 12.5. The fourth-order valence-electron chi connectivity index (χ4n) is 3.90. The Morgan fingerprint density at radius 3 is 1.93 bits per heavy atom. The summed E-state index contributed by atoms with van der Waals surface area (Å²) in [6, 6.07) is 24.4. The Bertz CT molecular complexity index is 1470. The third-order valence-electron chi connectivity index (χ3n) is 5.84. The Hall–Kier alpha value is -4.31. The standard InChI is InChI=1S/C31H24F5O4S/c1-3-30(2,21-9-11-25(12-10-21)39-31(34,35)36)40-29(37)20-38-24-13-15-27(16-14-24)41(26-7-5-4-6-8-26)28-18-22(32)17-23(33)19-28/h3-19H,1,20H2,2H3/q+1. The molecule has 4 aromatic rings. The molecular weight excluding hydrogens is 563 g/mol. The van der Waals surface area contributed by atoms with Crippen molar-refractivity contribution in [2.45, 2.75) is 33.6 Å². The highest BCUT2D eigenvalue weighted by Crippen LogP contribution is 2.33. The van der Waals surface area contributed by atoms with Gasteiger partial charge in [0, 0.05) is 18.2 Å². The molecule has 0 aliphatic carbocycles. The van der Waals surface area contributed by atoms with Crippen molar-refractivity contribution in [1.82, 2.24) is 0 Å². The summed E-state index contributed by atoms with van der Waals surface area (Å²) in [7, 11) is -0.809. The largest absolute Gasteiger partial charge is 0.573 e. The van der Waals surface area contributed by atoms with E-state index in [4.69, 9.17) is 9.47 Å². The van der Waals surface area contributed by atoms with Gasteiger partial charge in [0.25, 0.3) is 0 Å². The van der Waals surface area contributed by atoms with E-state index in [0.29, 0.717) is 16.2 Å². The molecule has 0 amide bonds. The fraction of sp³-hybridized carbons (Fsp3) is 0.129. The molecular formula is C31H24F5O4S+. The first kappa shape index (κ1) is 29.7. The zero-order valence-electron chi connectivity index (χ0n) is 21.7. The van der Waals surface area contributed by atoms with Gasteiger partial charge in [-0.15, -0.1) is 13.2 Å². The second-order valence-electron chi connectivity index (χ2n) is 8.84. The zero-order chi connectivity index (χ0) is 29.6. The number of rotatable bonds is 10. The Kier molecular flexibility index (Phi) is 9.02. The zero-order valence-corrected chi connectivity index (χ0v) is 22.5. The molecule has 0 aliphatic rings. The van der Waals surface area contributed by atoms with Gasteiger partial charge in [0.15, 0.2) is 26.9 Å². The van der Waals surface area contributed by atoms with Crippen molar-refractivity contribution < 1.29 is 41.0 Å². The number of carbonyl (C=O) groups is 1. The van der Waals surface area contributed by atoms with Gasteiger partial charge in [-0.2, -0.15) is 0 Å². The highest BCUT2D eigenvalue weighted by atomic mass is 32.2. The molecule has 10 heteroatoms. The third-order valence-corrected chi connectivity index (χ3v) is 8.04. The molecule has 0 aromatic heterocycles. The molecule has 0 radical (unpaired) electrons.